The Bertz CT molecular complexity index is 592. The highest BCUT2D eigenvalue weighted by Crippen LogP contribution is 2.13. The number of hydrogen-bond acceptors (Lipinski definition) is 5. The molecule has 0 saturated carbocycles. The van der Waals surface area contributed by atoms with Gasteiger partial charge in [-0.25, -0.2) is 0 Å². The van der Waals surface area contributed by atoms with Crippen molar-refractivity contribution in [3.63, 3.8) is 0 Å². The van der Waals surface area contributed by atoms with E-state index >= 15 is 0 Å². The molecule has 0 bridgehead atoms. The monoisotopic (exact) mass is 280 g/mol. The Labute approximate surface area is 122 Å². The van der Waals surface area contributed by atoms with Gasteiger partial charge in [-0.2, -0.15) is 10.5 Å². The molecule has 0 unspecified atom stereocenters. The second kappa shape index (κ2) is 7.54. The minimum Gasteiger partial charge on any atom is -0.467 e. The molecular weight excluding hydrogens is 268 g/mol. The van der Waals surface area contributed by atoms with Crippen LogP contribution >= 0.6 is 0 Å². The molecule has 0 aliphatic rings. The van der Waals surface area contributed by atoms with Crippen molar-refractivity contribution in [3.05, 3.63) is 59.7 Å². The highest BCUT2D eigenvalue weighted by Gasteiger charge is 1.97. The summed E-state index contributed by atoms with van der Waals surface area (Å²) in [6, 6.07) is 17.5. The van der Waals surface area contributed by atoms with Crippen molar-refractivity contribution in [2.75, 3.05) is 13.6 Å². The van der Waals surface area contributed by atoms with Crippen molar-refractivity contribution in [1.82, 2.24) is 0 Å². The Morgan fingerprint density at radius 2 is 1.05 bits per heavy atom. The lowest BCUT2D eigenvalue weighted by Crippen LogP contribution is -2.08. The number of hydrogen-bond donors (Lipinski definition) is 0. The van der Waals surface area contributed by atoms with Gasteiger partial charge in [0.1, 0.15) is 11.5 Å². The molecule has 0 aliphatic heterocycles. The zero-order valence-corrected chi connectivity index (χ0v) is 11.2. The minimum atomic E-state index is 0.0438. The van der Waals surface area contributed by atoms with Crippen molar-refractivity contribution in [1.29, 1.82) is 10.5 Å². The SMILES string of the molecule is N#Cc1ccc(OCOCOc2ccc(C#N)cc2)cc1. The van der Waals surface area contributed by atoms with Gasteiger partial charge in [-0.05, 0) is 48.5 Å². The van der Waals surface area contributed by atoms with Gasteiger partial charge in [0.2, 0.25) is 0 Å². The molecule has 0 heterocycles. The molecule has 0 N–H and O–H groups in total. The quantitative estimate of drug-likeness (QED) is 0.600. The second-order valence-electron chi connectivity index (χ2n) is 4.00. The number of rotatable bonds is 6. The van der Waals surface area contributed by atoms with Crippen LogP contribution in [0.5, 0.6) is 11.5 Å². The first kappa shape index (κ1) is 14.4. The van der Waals surface area contributed by atoms with Crippen LogP contribution in [0, 0.1) is 22.7 Å². The minimum absolute atomic E-state index is 0.0438. The van der Waals surface area contributed by atoms with Gasteiger partial charge in [-0.1, -0.05) is 0 Å². The van der Waals surface area contributed by atoms with Crippen LogP contribution in [0.1, 0.15) is 11.1 Å². The van der Waals surface area contributed by atoms with Crippen molar-refractivity contribution >= 4 is 0 Å². The van der Waals surface area contributed by atoms with Crippen molar-refractivity contribution in [3.8, 4) is 23.6 Å². The van der Waals surface area contributed by atoms with Crippen LogP contribution in [0.2, 0.25) is 0 Å². The molecule has 2 aromatic carbocycles. The van der Waals surface area contributed by atoms with Gasteiger partial charge in [-0.3, -0.25) is 0 Å². The molecule has 0 radical (unpaired) electrons. The summed E-state index contributed by atoms with van der Waals surface area (Å²) in [6.45, 7) is 0.0877. The van der Waals surface area contributed by atoms with E-state index in [-0.39, 0.29) is 13.6 Å². The average Bonchev–Trinajstić information content (AvgIpc) is 2.55. The third-order valence-corrected chi connectivity index (χ3v) is 2.58. The maximum absolute atomic E-state index is 8.67. The van der Waals surface area contributed by atoms with Gasteiger partial charge in [0.25, 0.3) is 0 Å². The lowest BCUT2D eigenvalue weighted by atomic mass is 10.2. The summed E-state index contributed by atoms with van der Waals surface area (Å²) in [7, 11) is 0. The predicted octanol–water partition coefficient (Wildman–Crippen LogP) is 2.82. The molecule has 2 aromatic rings. The number of nitriles is 2. The maximum atomic E-state index is 8.67. The highest BCUT2D eigenvalue weighted by atomic mass is 16.7. The first-order chi connectivity index (χ1) is 10.3. The zero-order chi connectivity index (χ0) is 14.9. The average molecular weight is 280 g/mol. The van der Waals surface area contributed by atoms with E-state index < -0.39 is 0 Å². The van der Waals surface area contributed by atoms with E-state index in [1.54, 1.807) is 48.5 Å². The predicted molar refractivity (Wildman–Crippen MR) is 74.4 cm³/mol. The standard InChI is InChI=1S/C16H12N2O3/c17-9-13-1-5-15(6-2-13)20-11-19-12-21-16-7-3-14(10-18)4-8-16/h1-8H,11-12H2. The van der Waals surface area contributed by atoms with Gasteiger partial charge >= 0.3 is 0 Å². The smallest absolute Gasteiger partial charge is 0.192 e. The second-order valence-corrected chi connectivity index (χ2v) is 4.00. The van der Waals surface area contributed by atoms with E-state index in [0.29, 0.717) is 22.6 Å². The first-order valence-corrected chi connectivity index (χ1v) is 6.15. The van der Waals surface area contributed by atoms with E-state index in [4.69, 9.17) is 24.7 Å². The van der Waals surface area contributed by atoms with Crippen LogP contribution in [0.15, 0.2) is 48.5 Å². The Hall–Kier alpha value is -3.02. The van der Waals surface area contributed by atoms with Crippen molar-refractivity contribution in [2.24, 2.45) is 0 Å². The van der Waals surface area contributed by atoms with Crippen LogP contribution in [-0.4, -0.2) is 13.6 Å². The fourth-order valence-corrected chi connectivity index (χ4v) is 1.50. The Kier molecular flexibility index (Phi) is 5.17. The van der Waals surface area contributed by atoms with E-state index in [0.717, 1.165) is 0 Å². The van der Waals surface area contributed by atoms with Gasteiger partial charge in [0.05, 0.1) is 23.3 Å². The third-order valence-electron chi connectivity index (χ3n) is 2.58. The Morgan fingerprint density at radius 1 is 0.667 bits per heavy atom. The first-order valence-electron chi connectivity index (χ1n) is 6.15. The molecule has 0 atom stereocenters. The summed E-state index contributed by atoms with van der Waals surface area (Å²) in [5, 5.41) is 17.3. The van der Waals surface area contributed by atoms with Crippen LogP contribution in [-0.2, 0) is 4.74 Å². The Balaban J connectivity index is 1.67. The fraction of sp³-hybridized carbons (Fsp3) is 0.125. The maximum Gasteiger partial charge on any atom is 0.192 e. The van der Waals surface area contributed by atoms with E-state index in [1.807, 2.05) is 12.1 Å². The normalized spacial score (nSPS) is 9.43. The summed E-state index contributed by atoms with van der Waals surface area (Å²) < 4.78 is 15.8. The van der Waals surface area contributed by atoms with E-state index in [9.17, 15) is 0 Å². The van der Waals surface area contributed by atoms with Crippen LogP contribution < -0.4 is 9.47 Å². The van der Waals surface area contributed by atoms with Crippen LogP contribution in [0.4, 0.5) is 0 Å². The molecule has 0 spiro atoms. The molecule has 0 fully saturated rings. The van der Waals surface area contributed by atoms with Crippen LogP contribution in [0.3, 0.4) is 0 Å². The highest BCUT2D eigenvalue weighted by molar-refractivity contribution is 5.35. The molecule has 0 aromatic heterocycles. The lowest BCUT2D eigenvalue weighted by Gasteiger charge is -2.08. The largest absolute Gasteiger partial charge is 0.467 e. The van der Waals surface area contributed by atoms with Gasteiger partial charge in [-0.15, -0.1) is 0 Å². The molecule has 0 amide bonds. The summed E-state index contributed by atoms with van der Waals surface area (Å²) in [6.07, 6.45) is 0. The van der Waals surface area contributed by atoms with Gasteiger partial charge in [0, 0.05) is 0 Å². The number of ether oxygens (including phenoxy) is 3. The van der Waals surface area contributed by atoms with Crippen LogP contribution in [0.25, 0.3) is 0 Å². The van der Waals surface area contributed by atoms with Crippen molar-refractivity contribution < 1.29 is 14.2 Å². The summed E-state index contributed by atoms with van der Waals surface area (Å²) in [5.41, 5.74) is 1.15. The molecule has 21 heavy (non-hydrogen) atoms. The Morgan fingerprint density at radius 3 is 1.38 bits per heavy atom. The molecule has 0 aliphatic carbocycles. The lowest BCUT2D eigenvalue weighted by molar-refractivity contribution is -0.0536. The summed E-state index contributed by atoms with van der Waals surface area (Å²) in [5.74, 6) is 1.24. The van der Waals surface area contributed by atoms with Gasteiger partial charge in [0.15, 0.2) is 13.6 Å². The fourth-order valence-electron chi connectivity index (χ4n) is 1.50. The van der Waals surface area contributed by atoms with Gasteiger partial charge < -0.3 is 14.2 Å². The molecule has 5 heteroatoms. The molecule has 104 valence electrons. The summed E-state index contributed by atoms with van der Waals surface area (Å²) >= 11 is 0. The zero-order valence-electron chi connectivity index (χ0n) is 11.2. The molecule has 5 nitrogen and oxygen atoms in total. The van der Waals surface area contributed by atoms with E-state index in [1.165, 1.54) is 0 Å². The number of benzene rings is 2. The molecule has 2 rings (SSSR count). The molecular formula is C16H12N2O3. The molecule has 0 saturated heterocycles. The summed E-state index contributed by atoms with van der Waals surface area (Å²) in [4.78, 5) is 0. The van der Waals surface area contributed by atoms with Crippen molar-refractivity contribution in [2.45, 2.75) is 0 Å². The number of nitrogens with zero attached hydrogens (tertiary/aromatic N) is 2. The topological polar surface area (TPSA) is 75.3 Å². The van der Waals surface area contributed by atoms with E-state index in [2.05, 4.69) is 0 Å². The third kappa shape index (κ3) is 4.54.